The van der Waals surface area contributed by atoms with Gasteiger partial charge in [-0.1, -0.05) is 18.2 Å². The molecule has 0 aliphatic rings. The lowest BCUT2D eigenvalue weighted by Crippen LogP contribution is -2.05. The molecule has 0 heterocycles. The van der Waals surface area contributed by atoms with Crippen LogP contribution in [0, 0.1) is 32.4 Å². The molecule has 20 heavy (non-hydrogen) atoms. The van der Waals surface area contributed by atoms with Crippen molar-refractivity contribution < 1.29 is 13.9 Å². The van der Waals surface area contributed by atoms with Gasteiger partial charge in [-0.05, 0) is 60.7 Å². The van der Waals surface area contributed by atoms with Gasteiger partial charge in [0.2, 0.25) is 0 Å². The minimum absolute atomic E-state index is 0.264. The van der Waals surface area contributed by atoms with Gasteiger partial charge in [0, 0.05) is 6.42 Å². The monoisotopic (exact) mass is 276 g/mol. The maximum atomic E-state index is 13.2. The first-order valence-corrected chi connectivity index (χ1v) is 6.58. The van der Waals surface area contributed by atoms with Crippen molar-refractivity contribution in [2.24, 2.45) is 0 Å². The van der Waals surface area contributed by atoms with Crippen LogP contribution < -0.4 is 0 Å². The number of hydrogen-bond donors (Lipinski definition) is 1. The van der Waals surface area contributed by atoms with E-state index in [1.165, 1.54) is 11.6 Å². The van der Waals surface area contributed by atoms with E-state index >= 15 is 0 Å². The zero-order chi connectivity index (χ0) is 14.9. The highest BCUT2D eigenvalue weighted by Gasteiger charge is 2.14. The van der Waals surface area contributed by atoms with Crippen molar-refractivity contribution in [2.45, 2.75) is 33.3 Å². The lowest BCUT2D eigenvalue weighted by Gasteiger charge is -2.16. The SMILES string of the molecule is Cc1cc(C)c(C(O)Cc2ccc(F)c(F)c2)cc1C. The molecule has 2 aromatic rings. The van der Waals surface area contributed by atoms with E-state index < -0.39 is 17.7 Å². The molecule has 0 aliphatic carbocycles. The van der Waals surface area contributed by atoms with Crippen LogP contribution in [0.5, 0.6) is 0 Å². The summed E-state index contributed by atoms with van der Waals surface area (Å²) in [6, 6.07) is 7.70. The molecule has 106 valence electrons. The predicted molar refractivity (Wildman–Crippen MR) is 75.7 cm³/mol. The molecular formula is C17H18F2O. The minimum Gasteiger partial charge on any atom is -0.388 e. The van der Waals surface area contributed by atoms with Gasteiger partial charge in [0.1, 0.15) is 0 Å². The molecule has 3 heteroatoms. The van der Waals surface area contributed by atoms with E-state index in [2.05, 4.69) is 0 Å². The molecule has 1 unspecified atom stereocenters. The van der Waals surface area contributed by atoms with Gasteiger partial charge in [-0.25, -0.2) is 8.78 Å². The Labute approximate surface area is 117 Å². The summed E-state index contributed by atoms with van der Waals surface area (Å²) in [6.45, 7) is 5.95. The Kier molecular flexibility index (Phi) is 4.19. The number of rotatable bonds is 3. The summed E-state index contributed by atoms with van der Waals surface area (Å²) in [7, 11) is 0. The molecule has 0 aromatic heterocycles. The first kappa shape index (κ1) is 14.7. The first-order chi connectivity index (χ1) is 9.38. The molecule has 1 atom stereocenters. The fraction of sp³-hybridized carbons (Fsp3) is 0.294. The van der Waals surface area contributed by atoms with Crippen LogP contribution in [0.25, 0.3) is 0 Å². The summed E-state index contributed by atoms with van der Waals surface area (Å²) in [5, 5.41) is 10.3. The summed E-state index contributed by atoms with van der Waals surface area (Å²) in [4.78, 5) is 0. The van der Waals surface area contributed by atoms with Crippen molar-refractivity contribution in [1.29, 1.82) is 0 Å². The van der Waals surface area contributed by atoms with Gasteiger partial charge in [-0.3, -0.25) is 0 Å². The van der Waals surface area contributed by atoms with Crippen LogP contribution in [-0.2, 0) is 6.42 Å². The van der Waals surface area contributed by atoms with E-state index in [1.54, 1.807) is 0 Å². The van der Waals surface area contributed by atoms with Gasteiger partial charge in [0.15, 0.2) is 11.6 Å². The van der Waals surface area contributed by atoms with Crippen molar-refractivity contribution in [1.82, 2.24) is 0 Å². The second-order valence-electron chi connectivity index (χ2n) is 5.26. The summed E-state index contributed by atoms with van der Waals surface area (Å²) >= 11 is 0. The summed E-state index contributed by atoms with van der Waals surface area (Å²) < 4.78 is 26.1. The van der Waals surface area contributed by atoms with Crippen molar-refractivity contribution in [3.63, 3.8) is 0 Å². The van der Waals surface area contributed by atoms with E-state index in [-0.39, 0.29) is 6.42 Å². The third kappa shape index (κ3) is 3.05. The molecule has 0 aliphatic heterocycles. The Balaban J connectivity index is 2.25. The van der Waals surface area contributed by atoms with E-state index in [4.69, 9.17) is 0 Å². The molecule has 1 N–H and O–H groups in total. The van der Waals surface area contributed by atoms with E-state index in [0.717, 1.165) is 28.8 Å². The molecule has 0 fully saturated rings. The van der Waals surface area contributed by atoms with Crippen LogP contribution in [-0.4, -0.2) is 5.11 Å². The van der Waals surface area contributed by atoms with Crippen molar-refractivity contribution in [3.05, 3.63) is 69.8 Å². The zero-order valence-corrected chi connectivity index (χ0v) is 11.9. The molecule has 0 bridgehead atoms. The normalized spacial score (nSPS) is 12.5. The third-order valence-electron chi connectivity index (χ3n) is 3.65. The highest BCUT2D eigenvalue weighted by molar-refractivity contribution is 5.38. The molecule has 0 amide bonds. The molecule has 0 saturated heterocycles. The van der Waals surface area contributed by atoms with Crippen molar-refractivity contribution >= 4 is 0 Å². The van der Waals surface area contributed by atoms with Gasteiger partial charge in [0.05, 0.1) is 6.10 Å². The number of hydrogen-bond acceptors (Lipinski definition) is 1. The van der Waals surface area contributed by atoms with Crippen molar-refractivity contribution in [3.8, 4) is 0 Å². The predicted octanol–water partition coefficient (Wildman–Crippen LogP) is 4.17. The quantitative estimate of drug-likeness (QED) is 0.892. The second kappa shape index (κ2) is 5.71. The van der Waals surface area contributed by atoms with E-state index in [0.29, 0.717) is 5.56 Å². The number of aliphatic hydroxyl groups is 1. The van der Waals surface area contributed by atoms with Gasteiger partial charge in [-0.2, -0.15) is 0 Å². The molecular weight excluding hydrogens is 258 g/mol. The number of aliphatic hydroxyl groups excluding tert-OH is 1. The summed E-state index contributed by atoms with van der Waals surface area (Å²) in [6.07, 6.45) is -0.459. The summed E-state index contributed by atoms with van der Waals surface area (Å²) in [5.41, 5.74) is 4.69. The minimum atomic E-state index is -0.883. The number of benzene rings is 2. The Bertz CT molecular complexity index is 635. The van der Waals surface area contributed by atoms with E-state index in [9.17, 15) is 13.9 Å². The van der Waals surface area contributed by atoms with Crippen LogP contribution >= 0.6 is 0 Å². The standard InChI is InChI=1S/C17H18F2O/c1-10-6-12(3)14(7-11(10)2)17(20)9-13-4-5-15(18)16(19)8-13/h4-8,17,20H,9H2,1-3H3. The fourth-order valence-corrected chi connectivity index (χ4v) is 2.34. The van der Waals surface area contributed by atoms with Crippen LogP contribution in [0.3, 0.4) is 0 Å². The Hall–Kier alpha value is -1.74. The zero-order valence-electron chi connectivity index (χ0n) is 11.9. The first-order valence-electron chi connectivity index (χ1n) is 6.58. The average Bonchev–Trinajstić information content (AvgIpc) is 2.38. The van der Waals surface area contributed by atoms with Crippen LogP contribution in [0.15, 0.2) is 30.3 Å². The molecule has 0 radical (unpaired) electrons. The highest BCUT2D eigenvalue weighted by Crippen LogP contribution is 2.25. The van der Waals surface area contributed by atoms with Gasteiger partial charge in [-0.15, -0.1) is 0 Å². The average molecular weight is 276 g/mol. The third-order valence-corrected chi connectivity index (χ3v) is 3.65. The van der Waals surface area contributed by atoms with Gasteiger partial charge < -0.3 is 5.11 Å². The highest BCUT2D eigenvalue weighted by atomic mass is 19.2. The number of aryl methyl sites for hydroxylation is 3. The second-order valence-corrected chi connectivity index (χ2v) is 5.26. The molecule has 2 aromatic carbocycles. The Morgan fingerprint density at radius 1 is 0.900 bits per heavy atom. The molecule has 2 rings (SSSR count). The molecule has 1 nitrogen and oxygen atoms in total. The molecule has 0 spiro atoms. The number of halogens is 2. The maximum absolute atomic E-state index is 13.2. The van der Waals surface area contributed by atoms with Crippen LogP contribution in [0.4, 0.5) is 8.78 Å². The largest absolute Gasteiger partial charge is 0.388 e. The van der Waals surface area contributed by atoms with Gasteiger partial charge in [0.25, 0.3) is 0 Å². The fourth-order valence-electron chi connectivity index (χ4n) is 2.34. The van der Waals surface area contributed by atoms with Crippen molar-refractivity contribution in [2.75, 3.05) is 0 Å². The smallest absolute Gasteiger partial charge is 0.159 e. The lowest BCUT2D eigenvalue weighted by molar-refractivity contribution is 0.177. The van der Waals surface area contributed by atoms with Gasteiger partial charge >= 0.3 is 0 Å². The Morgan fingerprint density at radius 2 is 1.55 bits per heavy atom. The maximum Gasteiger partial charge on any atom is 0.159 e. The topological polar surface area (TPSA) is 20.2 Å². The van der Waals surface area contributed by atoms with E-state index in [1.807, 2.05) is 32.9 Å². The summed E-state index contributed by atoms with van der Waals surface area (Å²) in [5.74, 6) is -1.75. The van der Waals surface area contributed by atoms with Crippen LogP contribution in [0.1, 0.15) is 33.9 Å². The lowest BCUT2D eigenvalue weighted by atomic mass is 9.94. The Morgan fingerprint density at radius 3 is 2.20 bits per heavy atom. The molecule has 0 saturated carbocycles. The van der Waals surface area contributed by atoms with Crippen LogP contribution in [0.2, 0.25) is 0 Å².